The van der Waals surface area contributed by atoms with Crippen molar-refractivity contribution in [1.82, 2.24) is 0 Å². The molecule has 0 heterocycles. The zero-order valence-corrected chi connectivity index (χ0v) is 10.4. The summed E-state index contributed by atoms with van der Waals surface area (Å²) in [7, 11) is 0. The van der Waals surface area contributed by atoms with Crippen molar-refractivity contribution in [3.05, 3.63) is 18.2 Å². The molecular formula is C12H18N2O4. The number of carbonyl (C=O) groups excluding carboxylic acids is 1. The molecule has 6 nitrogen and oxygen atoms in total. The molecule has 0 bridgehead atoms. The smallest absolute Gasteiger partial charge is 0.413 e. The van der Waals surface area contributed by atoms with E-state index in [1.165, 1.54) is 12.1 Å². The van der Waals surface area contributed by atoms with Gasteiger partial charge in [0.15, 0.2) is 6.23 Å². The quantitative estimate of drug-likeness (QED) is 0.373. The van der Waals surface area contributed by atoms with Crippen LogP contribution in [0, 0.1) is 5.92 Å². The lowest BCUT2D eigenvalue weighted by Crippen LogP contribution is -2.35. The molecule has 0 fully saturated rings. The van der Waals surface area contributed by atoms with E-state index in [-0.39, 0.29) is 23.1 Å². The average Bonchev–Trinajstić information content (AvgIpc) is 2.31. The van der Waals surface area contributed by atoms with Crippen LogP contribution in [0.5, 0.6) is 11.5 Å². The molecule has 2 atom stereocenters. The Morgan fingerprint density at radius 2 is 2.17 bits per heavy atom. The second kappa shape index (κ2) is 6.11. The first kappa shape index (κ1) is 14.1. The molecule has 1 aromatic carbocycles. The van der Waals surface area contributed by atoms with Gasteiger partial charge in [-0.3, -0.25) is 11.1 Å². The fourth-order valence-corrected chi connectivity index (χ4v) is 1.24. The number of ether oxygens (including phenoxy) is 1. The molecule has 0 aliphatic rings. The Balaban J connectivity index is 2.59. The van der Waals surface area contributed by atoms with E-state index in [1.54, 1.807) is 0 Å². The van der Waals surface area contributed by atoms with Gasteiger partial charge in [0.25, 0.3) is 0 Å². The summed E-state index contributed by atoms with van der Waals surface area (Å²) in [6.45, 7) is 3.81. The van der Waals surface area contributed by atoms with Crippen LogP contribution in [0.15, 0.2) is 18.2 Å². The molecule has 18 heavy (non-hydrogen) atoms. The Hall–Kier alpha value is -1.95. The molecule has 5 N–H and O–H groups in total. The second-order valence-electron chi connectivity index (χ2n) is 4.08. The van der Waals surface area contributed by atoms with Gasteiger partial charge in [-0.2, -0.15) is 0 Å². The van der Waals surface area contributed by atoms with Crippen molar-refractivity contribution in [3.8, 4) is 11.5 Å². The van der Waals surface area contributed by atoms with Crippen molar-refractivity contribution in [1.29, 1.82) is 0 Å². The summed E-state index contributed by atoms with van der Waals surface area (Å²) in [6, 6.07) is 3.81. The third-order valence-corrected chi connectivity index (χ3v) is 2.67. The van der Waals surface area contributed by atoms with Crippen LogP contribution < -0.4 is 11.1 Å². The van der Waals surface area contributed by atoms with Gasteiger partial charge in [-0.1, -0.05) is 13.8 Å². The monoisotopic (exact) mass is 254 g/mol. The van der Waals surface area contributed by atoms with Crippen molar-refractivity contribution in [2.45, 2.75) is 26.5 Å². The number of nitrogens with two attached hydrogens (primary N) is 1. The maximum Gasteiger partial charge on any atom is 0.413 e. The number of nitrogens with one attached hydrogen (secondary N) is 1. The Kier molecular flexibility index (Phi) is 4.79. The predicted octanol–water partition coefficient (Wildman–Crippen LogP) is 1.98. The number of rotatable bonds is 4. The van der Waals surface area contributed by atoms with Crippen LogP contribution in [0.25, 0.3) is 0 Å². The predicted molar refractivity (Wildman–Crippen MR) is 67.3 cm³/mol. The van der Waals surface area contributed by atoms with Gasteiger partial charge in [0.2, 0.25) is 0 Å². The van der Waals surface area contributed by atoms with E-state index in [2.05, 4.69) is 5.32 Å². The summed E-state index contributed by atoms with van der Waals surface area (Å²) < 4.78 is 4.95. The van der Waals surface area contributed by atoms with E-state index in [4.69, 9.17) is 15.6 Å². The van der Waals surface area contributed by atoms with Gasteiger partial charge >= 0.3 is 6.09 Å². The number of phenols is 2. The first-order valence-electron chi connectivity index (χ1n) is 5.69. The van der Waals surface area contributed by atoms with Gasteiger partial charge in [-0.05, 0) is 18.6 Å². The Morgan fingerprint density at radius 3 is 2.72 bits per heavy atom. The lowest BCUT2D eigenvalue weighted by molar-refractivity contribution is 0.0800. The van der Waals surface area contributed by atoms with Crippen molar-refractivity contribution in [3.63, 3.8) is 0 Å². The van der Waals surface area contributed by atoms with E-state index < -0.39 is 12.3 Å². The van der Waals surface area contributed by atoms with Crippen LogP contribution in [-0.2, 0) is 4.74 Å². The highest BCUT2D eigenvalue weighted by atomic mass is 16.6. The number of amides is 1. The molecule has 100 valence electrons. The minimum absolute atomic E-state index is 0.0455. The summed E-state index contributed by atoms with van der Waals surface area (Å²) in [5.41, 5.74) is 5.81. The summed E-state index contributed by atoms with van der Waals surface area (Å²) in [5.74, 6) is -0.295. The van der Waals surface area contributed by atoms with Crippen LogP contribution >= 0.6 is 0 Å². The lowest BCUT2D eigenvalue weighted by atomic mass is 10.1. The van der Waals surface area contributed by atoms with Crippen LogP contribution in [0.1, 0.15) is 20.3 Å². The van der Waals surface area contributed by atoms with E-state index in [9.17, 15) is 9.90 Å². The normalized spacial score (nSPS) is 13.7. The van der Waals surface area contributed by atoms with Crippen molar-refractivity contribution >= 4 is 11.8 Å². The summed E-state index contributed by atoms with van der Waals surface area (Å²) in [4.78, 5) is 11.5. The Morgan fingerprint density at radius 1 is 1.50 bits per heavy atom. The Bertz CT molecular complexity index is 423. The molecule has 1 rings (SSSR count). The number of carbonyl (C=O) groups is 1. The summed E-state index contributed by atoms with van der Waals surface area (Å²) >= 11 is 0. The number of benzene rings is 1. The fourth-order valence-electron chi connectivity index (χ4n) is 1.24. The summed E-state index contributed by atoms with van der Waals surface area (Å²) in [5, 5.41) is 20.9. The molecule has 2 unspecified atom stereocenters. The maximum absolute atomic E-state index is 11.5. The third kappa shape index (κ3) is 3.81. The molecule has 0 saturated heterocycles. The van der Waals surface area contributed by atoms with Crippen molar-refractivity contribution in [2.24, 2.45) is 11.7 Å². The van der Waals surface area contributed by atoms with Crippen LogP contribution in [0.3, 0.4) is 0 Å². The minimum Gasteiger partial charge on any atom is -0.508 e. The summed E-state index contributed by atoms with van der Waals surface area (Å²) in [6.07, 6.45) is -0.656. The molecule has 0 spiro atoms. The topological polar surface area (TPSA) is 105 Å². The largest absolute Gasteiger partial charge is 0.508 e. The number of phenolic OH excluding ortho intramolecular Hbond substituents is 2. The van der Waals surface area contributed by atoms with Crippen molar-refractivity contribution < 1.29 is 19.7 Å². The maximum atomic E-state index is 11.5. The second-order valence-corrected chi connectivity index (χ2v) is 4.08. The first-order chi connectivity index (χ1) is 8.43. The minimum atomic E-state index is -0.746. The molecule has 6 heteroatoms. The third-order valence-electron chi connectivity index (χ3n) is 2.67. The number of aromatic hydroxyl groups is 2. The van der Waals surface area contributed by atoms with Crippen molar-refractivity contribution in [2.75, 3.05) is 5.32 Å². The van der Waals surface area contributed by atoms with Gasteiger partial charge < -0.3 is 14.9 Å². The van der Waals surface area contributed by atoms with Crippen LogP contribution in [-0.4, -0.2) is 22.5 Å². The zero-order valence-electron chi connectivity index (χ0n) is 10.4. The average molecular weight is 254 g/mol. The van der Waals surface area contributed by atoms with E-state index in [0.717, 1.165) is 12.5 Å². The molecule has 1 amide bonds. The van der Waals surface area contributed by atoms with Gasteiger partial charge in [-0.15, -0.1) is 0 Å². The molecule has 0 radical (unpaired) electrons. The highest BCUT2D eigenvalue weighted by Crippen LogP contribution is 2.27. The molecule has 0 saturated carbocycles. The lowest BCUT2D eigenvalue weighted by Gasteiger charge is -2.19. The van der Waals surface area contributed by atoms with Gasteiger partial charge in [0, 0.05) is 12.0 Å². The van der Waals surface area contributed by atoms with Crippen LogP contribution in [0.2, 0.25) is 0 Å². The van der Waals surface area contributed by atoms with E-state index >= 15 is 0 Å². The Labute approximate surface area is 105 Å². The highest BCUT2D eigenvalue weighted by Gasteiger charge is 2.16. The van der Waals surface area contributed by atoms with E-state index in [1.807, 2.05) is 13.8 Å². The molecule has 0 aliphatic carbocycles. The fraction of sp³-hybridized carbons (Fsp3) is 0.417. The molecular weight excluding hydrogens is 236 g/mol. The first-order valence-corrected chi connectivity index (χ1v) is 5.69. The zero-order chi connectivity index (χ0) is 13.7. The van der Waals surface area contributed by atoms with Crippen LogP contribution in [0.4, 0.5) is 10.5 Å². The SMILES string of the molecule is CCC(C)C(N)OC(=O)Nc1ccc(O)cc1O. The highest BCUT2D eigenvalue weighted by molar-refractivity contribution is 5.86. The number of hydrogen-bond donors (Lipinski definition) is 4. The number of anilines is 1. The van der Waals surface area contributed by atoms with Gasteiger partial charge in [0.1, 0.15) is 11.5 Å². The van der Waals surface area contributed by atoms with Gasteiger partial charge in [-0.25, -0.2) is 4.79 Å². The molecule has 0 aromatic heterocycles. The standard InChI is InChI=1S/C12H18N2O4/c1-3-7(2)11(13)18-12(17)14-9-5-4-8(15)6-10(9)16/h4-7,11,15-16H,3,13H2,1-2H3,(H,14,17). The molecule has 0 aliphatic heterocycles. The molecule has 1 aromatic rings. The van der Waals surface area contributed by atoms with Gasteiger partial charge in [0.05, 0.1) is 5.69 Å². The van der Waals surface area contributed by atoms with E-state index in [0.29, 0.717) is 0 Å². The number of hydrogen-bond acceptors (Lipinski definition) is 5.